The summed E-state index contributed by atoms with van der Waals surface area (Å²) in [4.78, 5) is 19.6. The molecule has 0 aromatic carbocycles. The third-order valence-corrected chi connectivity index (χ3v) is 8.85. The van der Waals surface area contributed by atoms with Gasteiger partial charge in [0, 0.05) is 35.7 Å². The molecule has 156 valence electrons. The summed E-state index contributed by atoms with van der Waals surface area (Å²) in [5.41, 5.74) is 2.31. The van der Waals surface area contributed by atoms with Crippen LogP contribution in [0.5, 0.6) is 0 Å². The minimum Gasteiger partial charge on any atom is -0.377 e. The van der Waals surface area contributed by atoms with Crippen LogP contribution in [-0.4, -0.2) is 59.9 Å². The van der Waals surface area contributed by atoms with Crippen LogP contribution >= 0.6 is 0 Å². The summed E-state index contributed by atoms with van der Waals surface area (Å²) in [6.45, 7) is 1.36. The lowest BCUT2D eigenvalue weighted by Gasteiger charge is -2.36. The van der Waals surface area contributed by atoms with Crippen LogP contribution in [0.15, 0.2) is 30.7 Å². The number of hydrogen-bond acceptors (Lipinski definition) is 7. The van der Waals surface area contributed by atoms with Gasteiger partial charge in [0.05, 0.1) is 42.7 Å². The Hall–Kier alpha value is -2.52. The topological polar surface area (TPSA) is 101 Å². The Morgan fingerprint density at radius 3 is 2.63 bits per heavy atom. The van der Waals surface area contributed by atoms with E-state index in [2.05, 4.69) is 14.9 Å². The number of ether oxygens (including phenoxy) is 1. The SMILES string of the molecule is CS(=O)(=O)C1(c2cc(N3C4CCC3COC4)nc(-c3cncc4[nH]ccc34)n2)CC1. The summed E-state index contributed by atoms with van der Waals surface area (Å²) in [7, 11) is -3.29. The Balaban J connectivity index is 1.57. The summed E-state index contributed by atoms with van der Waals surface area (Å²) in [6.07, 6.45) is 10.0. The van der Waals surface area contributed by atoms with Crippen LogP contribution in [-0.2, 0) is 19.3 Å². The highest BCUT2D eigenvalue weighted by molar-refractivity contribution is 7.91. The summed E-state index contributed by atoms with van der Waals surface area (Å²) in [5.74, 6) is 1.33. The van der Waals surface area contributed by atoms with E-state index in [4.69, 9.17) is 14.7 Å². The van der Waals surface area contributed by atoms with Crippen molar-refractivity contribution in [3.63, 3.8) is 0 Å². The minimum atomic E-state index is -3.29. The molecule has 2 atom stereocenters. The van der Waals surface area contributed by atoms with Gasteiger partial charge < -0.3 is 14.6 Å². The Morgan fingerprint density at radius 2 is 1.93 bits per heavy atom. The largest absolute Gasteiger partial charge is 0.377 e. The number of pyridine rings is 1. The molecular weight excluding hydrogens is 402 g/mol. The lowest BCUT2D eigenvalue weighted by atomic mass is 10.1. The molecule has 3 aromatic rings. The number of hydrogen-bond donors (Lipinski definition) is 1. The molecule has 0 radical (unpaired) electrons. The third kappa shape index (κ3) is 2.61. The molecule has 1 N–H and O–H groups in total. The number of aromatic nitrogens is 4. The van der Waals surface area contributed by atoms with Gasteiger partial charge in [0.2, 0.25) is 0 Å². The van der Waals surface area contributed by atoms with E-state index < -0.39 is 14.6 Å². The lowest BCUT2D eigenvalue weighted by molar-refractivity contribution is 0.0902. The fourth-order valence-electron chi connectivity index (χ4n) is 5.01. The average molecular weight is 426 g/mol. The van der Waals surface area contributed by atoms with Gasteiger partial charge in [0.25, 0.3) is 0 Å². The molecule has 8 nitrogen and oxygen atoms in total. The van der Waals surface area contributed by atoms with Gasteiger partial charge in [0.15, 0.2) is 15.7 Å². The second-order valence-corrected chi connectivity index (χ2v) is 11.0. The maximum absolute atomic E-state index is 12.7. The number of anilines is 1. The number of aromatic amines is 1. The number of morpholine rings is 1. The number of nitrogens with zero attached hydrogens (tertiary/aromatic N) is 4. The van der Waals surface area contributed by atoms with Gasteiger partial charge in [-0.3, -0.25) is 4.98 Å². The molecule has 9 heteroatoms. The number of sulfone groups is 1. The van der Waals surface area contributed by atoms with E-state index in [-0.39, 0.29) is 12.1 Å². The zero-order valence-corrected chi connectivity index (χ0v) is 17.5. The van der Waals surface area contributed by atoms with Crippen molar-refractivity contribution in [1.82, 2.24) is 19.9 Å². The van der Waals surface area contributed by atoms with Crippen molar-refractivity contribution in [2.75, 3.05) is 24.4 Å². The Labute approximate surface area is 174 Å². The molecule has 30 heavy (non-hydrogen) atoms. The summed E-state index contributed by atoms with van der Waals surface area (Å²) >= 11 is 0. The van der Waals surface area contributed by atoms with Crippen molar-refractivity contribution in [2.24, 2.45) is 0 Å². The van der Waals surface area contributed by atoms with Crippen molar-refractivity contribution in [1.29, 1.82) is 0 Å². The normalized spacial score (nSPS) is 25.0. The molecule has 2 aliphatic heterocycles. The Bertz CT molecular complexity index is 1230. The van der Waals surface area contributed by atoms with Crippen LogP contribution in [0.1, 0.15) is 31.4 Å². The average Bonchev–Trinajstić information content (AvgIpc) is 3.36. The predicted molar refractivity (Wildman–Crippen MR) is 113 cm³/mol. The standard InChI is InChI=1S/C21H23N5O3S/c1-30(27,28)21(5-6-21)18-8-19(26-13-2-3-14(26)12-29-11-13)25-20(24-18)16-9-22-10-17-15(16)4-7-23-17/h4,7-10,13-14,23H,2-3,5-6,11-12H2,1H3. The minimum absolute atomic E-state index is 0.272. The van der Waals surface area contributed by atoms with Crippen molar-refractivity contribution in [3.8, 4) is 11.4 Å². The van der Waals surface area contributed by atoms with Gasteiger partial charge in [-0.2, -0.15) is 0 Å². The van der Waals surface area contributed by atoms with Crippen molar-refractivity contribution < 1.29 is 13.2 Å². The molecule has 0 amide bonds. The summed E-state index contributed by atoms with van der Waals surface area (Å²) < 4.78 is 30.1. The first-order valence-corrected chi connectivity index (χ1v) is 12.2. The van der Waals surface area contributed by atoms with E-state index in [1.54, 1.807) is 12.4 Å². The quantitative estimate of drug-likeness (QED) is 0.685. The smallest absolute Gasteiger partial charge is 0.164 e. The molecule has 0 spiro atoms. The molecule has 2 unspecified atom stereocenters. The highest BCUT2D eigenvalue weighted by Crippen LogP contribution is 2.52. The van der Waals surface area contributed by atoms with Crippen LogP contribution in [0.25, 0.3) is 22.3 Å². The maximum Gasteiger partial charge on any atom is 0.164 e. The molecule has 5 heterocycles. The maximum atomic E-state index is 12.7. The monoisotopic (exact) mass is 425 g/mol. The first-order valence-electron chi connectivity index (χ1n) is 10.3. The molecular formula is C21H23N5O3S. The van der Waals surface area contributed by atoms with E-state index in [0.29, 0.717) is 37.6 Å². The van der Waals surface area contributed by atoms with Crippen molar-refractivity contribution >= 4 is 26.6 Å². The highest BCUT2D eigenvalue weighted by Gasteiger charge is 2.55. The van der Waals surface area contributed by atoms with Gasteiger partial charge in [-0.25, -0.2) is 18.4 Å². The Morgan fingerprint density at radius 1 is 1.17 bits per heavy atom. The molecule has 3 fully saturated rings. The van der Waals surface area contributed by atoms with E-state index in [1.165, 1.54) is 6.26 Å². The molecule has 2 bridgehead atoms. The van der Waals surface area contributed by atoms with Gasteiger partial charge in [-0.1, -0.05) is 0 Å². The second kappa shape index (κ2) is 6.24. The van der Waals surface area contributed by atoms with Crippen molar-refractivity contribution in [2.45, 2.75) is 42.5 Å². The Kier molecular flexibility index (Phi) is 3.80. The molecule has 1 aliphatic carbocycles. The molecule has 3 aliphatic rings. The number of H-pyrrole nitrogens is 1. The van der Waals surface area contributed by atoms with Gasteiger partial charge >= 0.3 is 0 Å². The van der Waals surface area contributed by atoms with E-state index in [0.717, 1.165) is 35.1 Å². The molecule has 3 aromatic heterocycles. The molecule has 2 saturated heterocycles. The van der Waals surface area contributed by atoms with Gasteiger partial charge in [-0.15, -0.1) is 0 Å². The fourth-order valence-corrected chi connectivity index (χ4v) is 6.34. The molecule has 6 rings (SSSR count). The van der Waals surface area contributed by atoms with Crippen molar-refractivity contribution in [3.05, 3.63) is 36.4 Å². The second-order valence-electron chi connectivity index (χ2n) is 8.66. The first kappa shape index (κ1) is 18.3. The fraction of sp³-hybridized carbons (Fsp3) is 0.476. The number of nitrogens with one attached hydrogen (secondary N) is 1. The van der Waals surface area contributed by atoms with E-state index >= 15 is 0 Å². The van der Waals surface area contributed by atoms with Crippen LogP contribution in [0, 0.1) is 0 Å². The van der Waals surface area contributed by atoms with Crippen LogP contribution in [0.4, 0.5) is 5.82 Å². The van der Waals surface area contributed by atoms with E-state index in [9.17, 15) is 8.42 Å². The zero-order valence-electron chi connectivity index (χ0n) is 16.7. The summed E-state index contributed by atoms with van der Waals surface area (Å²) in [6, 6.07) is 4.42. The zero-order chi connectivity index (χ0) is 20.5. The van der Waals surface area contributed by atoms with Gasteiger partial charge in [-0.05, 0) is 31.7 Å². The predicted octanol–water partition coefficient (Wildman–Crippen LogP) is 2.42. The van der Waals surface area contributed by atoms with E-state index in [1.807, 2.05) is 18.3 Å². The van der Waals surface area contributed by atoms with Crippen LogP contribution in [0.3, 0.4) is 0 Å². The van der Waals surface area contributed by atoms with Crippen LogP contribution in [0.2, 0.25) is 0 Å². The lowest BCUT2D eigenvalue weighted by Crippen LogP contribution is -2.46. The third-order valence-electron chi connectivity index (χ3n) is 6.82. The number of fused-ring (bicyclic) bond motifs is 3. The first-order chi connectivity index (χ1) is 14.5. The number of rotatable bonds is 4. The van der Waals surface area contributed by atoms with Crippen LogP contribution < -0.4 is 4.90 Å². The highest BCUT2D eigenvalue weighted by atomic mass is 32.2. The summed E-state index contributed by atoms with van der Waals surface area (Å²) in [5, 5.41) is 0.974. The van der Waals surface area contributed by atoms with Gasteiger partial charge in [0.1, 0.15) is 10.6 Å². The molecule has 1 saturated carbocycles.